The van der Waals surface area contributed by atoms with E-state index in [1.165, 1.54) is 23.6 Å². The van der Waals surface area contributed by atoms with Crippen LogP contribution in [0.1, 0.15) is 51.3 Å². The van der Waals surface area contributed by atoms with Crippen molar-refractivity contribution in [2.45, 2.75) is 69.4 Å². The number of carbonyl (C=O) groups is 1. The summed E-state index contributed by atoms with van der Waals surface area (Å²) >= 11 is 0. The Kier molecular flexibility index (Phi) is 7.17. The topological polar surface area (TPSA) is 84.7 Å². The van der Waals surface area contributed by atoms with E-state index < -0.39 is 10.0 Å². The molecule has 0 spiro atoms. The molecule has 176 valence electrons. The predicted octanol–water partition coefficient (Wildman–Crippen LogP) is 2.80. The zero-order valence-electron chi connectivity index (χ0n) is 19.1. The van der Waals surface area contributed by atoms with Crippen molar-refractivity contribution in [1.29, 1.82) is 0 Å². The summed E-state index contributed by atoms with van der Waals surface area (Å²) in [6, 6.07) is 5.51. The van der Waals surface area contributed by atoms with Crippen molar-refractivity contribution < 1.29 is 17.9 Å². The molecule has 2 heterocycles. The number of nitrogens with zero attached hydrogens (tertiary/aromatic N) is 4. The fourth-order valence-corrected chi connectivity index (χ4v) is 6.30. The number of morpholine rings is 1. The first-order valence-corrected chi connectivity index (χ1v) is 13.2. The maximum atomic E-state index is 13.0. The van der Waals surface area contributed by atoms with Gasteiger partial charge in [0.25, 0.3) is 0 Å². The number of amides is 1. The molecule has 0 radical (unpaired) electrons. The summed E-state index contributed by atoms with van der Waals surface area (Å²) in [5, 5.41) is 0. The number of aromatic nitrogens is 2. The van der Waals surface area contributed by atoms with Gasteiger partial charge in [0.15, 0.2) is 0 Å². The number of aryl methyl sites for hydroxylation is 2. The molecule has 1 saturated heterocycles. The van der Waals surface area contributed by atoms with E-state index in [4.69, 9.17) is 9.72 Å². The minimum atomic E-state index is -3.57. The van der Waals surface area contributed by atoms with Gasteiger partial charge in [0.2, 0.25) is 15.9 Å². The fourth-order valence-electron chi connectivity index (χ4n) is 4.87. The summed E-state index contributed by atoms with van der Waals surface area (Å²) in [6.45, 7) is 4.32. The summed E-state index contributed by atoms with van der Waals surface area (Å²) < 4.78 is 34.9. The Bertz CT molecular complexity index is 1050. The van der Waals surface area contributed by atoms with Crippen LogP contribution >= 0.6 is 0 Å². The molecule has 1 amide bonds. The molecule has 1 aromatic heterocycles. The number of fused-ring (bicyclic) bond motifs is 1. The molecule has 2 aliphatic rings. The van der Waals surface area contributed by atoms with E-state index in [2.05, 4.69) is 4.57 Å². The molecular weight excluding hydrogens is 428 g/mol. The number of imidazole rings is 1. The van der Waals surface area contributed by atoms with Crippen LogP contribution < -0.4 is 0 Å². The van der Waals surface area contributed by atoms with Gasteiger partial charge in [0.05, 0.1) is 29.1 Å². The molecule has 2 aromatic rings. The Morgan fingerprint density at radius 3 is 2.59 bits per heavy atom. The standard InChI is InChI=1S/C23H34N4O4S/c1-3-27-21-10-9-19(32(29,30)26-13-15-31-16-14-26)17-20(21)24-22(27)11-12-23(28)25(2)18-7-5-4-6-8-18/h9-10,17-18H,3-8,11-16H2,1-2H3. The van der Waals surface area contributed by atoms with Gasteiger partial charge in [-0.05, 0) is 38.0 Å². The highest BCUT2D eigenvalue weighted by molar-refractivity contribution is 7.89. The normalized spacial score (nSPS) is 18.8. The van der Waals surface area contributed by atoms with Gasteiger partial charge in [-0.15, -0.1) is 0 Å². The van der Waals surface area contributed by atoms with Gasteiger partial charge < -0.3 is 14.2 Å². The van der Waals surface area contributed by atoms with Gasteiger partial charge in [0, 0.05) is 45.6 Å². The molecule has 1 aromatic carbocycles. The van der Waals surface area contributed by atoms with E-state index in [-0.39, 0.29) is 10.8 Å². The average molecular weight is 463 g/mol. The van der Waals surface area contributed by atoms with Crippen molar-refractivity contribution in [3.63, 3.8) is 0 Å². The van der Waals surface area contributed by atoms with Gasteiger partial charge in [-0.2, -0.15) is 4.31 Å². The third-order valence-corrected chi connectivity index (χ3v) is 8.70. The Morgan fingerprint density at radius 2 is 1.91 bits per heavy atom. The van der Waals surface area contributed by atoms with Crippen LogP contribution in [0.15, 0.2) is 23.1 Å². The zero-order chi connectivity index (χ0) is 22.7. The minimum Gasteiger partial charge on any atom is -0.379 e. The van der Waals surface area contributed by atoms with Crippen molar-refractivity contribution in [2.75, 3.05) is 33.4 Å². The smallest absolute Gasteiger partial charge is 0.243 e. The Balaban J connectivity index is 1.51. The lowest BCUT2D eigenvalue weighted by Gasteiger charge is -2.31. The predicted molar refractivity (Wildman–Crippen MR) is 123 cm³/mol. The molecule has 0 N–H and O–H groups in total. The molecule has 1 aliphatic carbocycles. The lowest BCUT2D eigenvalue weighted by molar-refractivity contribution is -0.132. The number of hydrogen-bond donors (Lipinski definition) is 0. The van der Waals surface area contributed by atoms with Crippen LogP contribution in [0.2, 0.25) is 0 Å². The molecule has 0 atom stereocenters. The van der Waals surface area contributed by atoms with Crippen LogP contribution in [0.5, 0.6) is 0 Å². The highest BCUT2D eigenvalue weighted by Crippen LogP contribution is 2.25. The van der Waals surface area contributed by atoms with Crippen LogP contribution in [0.3, 0.4) is 0 Å². The molecule has 2 fully saturated rings. The van der Waals surface area contributed by atoms with Crippen molar-refractivity contribution in [3.8, 4) is 0 Å². The number of benzene rings is 1. The quantitative estimate of drug-likeness (QED) is 0.632. The van der Waals surface area contributed by atoms with E-state index in [0.717, 1.165) is 24.2 Å². The Morgan fingerprint density at radius 1 is 1.19 bits per heavy atom. The first kappa shape index (κ1) is 23.2. The lowest BCUT2D eigenvalue weighted by Crippen LogP contribution is -2.40. The third-order valence-electron chi connectivity index (χ3n) is 6.80. The fraction of sp³-hybridized carbons (Fsp3) is 0.652. The van der Waals surface area contributed by atoms with E-state index in [9.17, 15) is 13.2 Å². The van der Waals surface area contributed by atoms with Crippen molar-refractivity contribution in [1.82, 2.24) is 18.8 Å². The number of hydrogen-bond acceptors (Lipinski definition) is 5. The molecular formula is C23H34N4O4S. The molecule has 9 heteroatoms. The molecule has 4 rings (SSSR count). The molecule has 32 heavy (non-hydrogen) atoms. The number of carbonyl (C=O) groups excluding carboxylic acids is 1. The van der Waals surface area contributed by atoms with E-state index in [0.29, 0.717) is 57.2 Å². The number of sulfonamides is 1. The zero-order valence-corrected chi connectivity index (χ0v) is 19.9. The third kappa shape index (κ3) is 4.70. The highest BCUT2D eigenvalue weighted by Gasteiger charge is 2.27. The van der Waals surface area contributed by atoms with Crippen LogP contribution in [0, 0.1) is 0 Å². The van der Waals surface area contributed by atoms with Crippen molar-refractivity contribution in [3.05, 3.63) is 24.0 Å². The summed E-state index contributed by atoms with van der Waals surface area (Å²) in [5.41, 5.74) is 1.56. The molecule has 8 nitrogen and oxygen atoms in total. The summed E-state index contributed by atoms with van der Waals surface area (Å²) in [6.07, 6.45) is 6.81. The first-order valence-electron chi connectivity index (χ1n) is 11.7. The highest BCUT2D eigenvalue weighted by atomic mass is 32.2. The lowest BCUT2D eigenvalue weighted by atomic mass is 9.94. The van der Waals surface area contributed by atoms with Crippen LogP contribution in [0.25, 0.3) is 11.0 Å². The van der Waals surface area contributed by atoms with Gasteiger partial charge in [-0.25, -0.2) is 13.4 Å². The van der Waals surface area contributed by atoms with Gasteiger partial charge in [-0.1, -0.05) is 19.3 Å². The summed E-state index contributed by atoms with van der Waals surface area (Å²) in [7, 11) is -1.65. The van der Waals surface area contributed by atoms with Crippen LogP contribution in [0.4, 0.5) is 0 Å². The maximum Gasteiger partial charge on any atom is 0.243 e. The van der Waals surface area contributed by atoms with E-state index in [1.54, 1.807) is 12.1 Å². The number of ether oxygens (including phenoxy) is 1. The largest absolute Gasteiger partial charge is 0.379 e. The Labute approximate surface area is 190 Å². The molecule has 0 bridgehead atoms. The second-order valence-electron chi connectivity index (χ2n) is 8.74. The van der Waals surface area contributed by atoms with Gasteiger partial charge >= 0.3 is 0 Å². The molecule has 0 unspecified atom stereocenters. The second kappa shape index (κ2) is 9.89. The second-order valence-corrected chi connectivity index (χ2v) is 10.7. The van der Waals surface area contributed by atoms with Crippen molar-refractivity contribution in [2.24, 2.45) is 0 Å². The van der Waals surface area contributed by atoms with Crippen LogP contribution in [-0.4, -0.2) is 72.5 Å². The van der Waals surface area contributed by atoms with E-state index in [1.807, 2.05) is 24.9 Å². The Hall–Kier alpha value is -1.97. The van der Waals surface area contributed by atoms with Crippen molar-refractivity contribution >= 4 is 27.0 Å². The summed E-state index contributed by atoms with van der Waals surface area (Å²) in [5.74, 6) is 0.982. The van der Waals surface area contributed by atoms with Gasteiger partial charge in [-0.3, -0.25) is 4.79 Å². The SMILES string of the molecule is CCn1c(CCC(=O)N(C)C2CCCCC2)nc2cc(S(=O)(=O)N3CCOCC3)ccc21. The number of rotatable bonds is 7. The van der Waals surface area contributed by atoms with E-state index >= 15 is 0 Å². The minimum absolute atomic E-state index is 0.155. The molecule has 1 aliphatic heterocycles. The molecule has 1 saturated carbocycles. The van der Waals surface area contributed by atoms with Crippen LogP contribution in [-0.2, 0) is 32.5 Å². The van der Waals surface area contributed by atoms with Gasteiger partial charge in [0.1, 0.15) is 5.82 Å². The summed E-state index contributed by atoms with van der Waals surface area (Å²) in [4.78, 5) is 19.7. The maximum absolute atomic E-state index is 13.0. The average Bonchev–Trinajstić information content (AvgIpc) is 3.19. The monoisotopic (exact) mass is 462 g/mol. The first-order chi connectivity index (χ1) is 15.4.